The van der Waals surface area contributed by atoms with Crippen LogP contribution in [0.15, 0.2) is 30.5 Å². The molecule has 2 fully saturated rings. The van der Waals surface area contributed by atoms with Crippen molar-refractivity contribution in [2.75, 3.05) is 37.7 Å². The van der Waals surface area contributed by atoms with E-state index < -0.39 is 17.3 Å². The molecule has 1 amide bonds. The van der Waals surface area contributed by atoms with Gasteiger partial charge in [0.15, 0.2) is 0 Å². The second-order valence-corrected chi connectivity index (χ2v) is 8.81. The van der Waals surface area contributed by atoms with Gasteiger partial charge in [-0.05, 0) is 49.4 Å². The third-order valence-electron chi connectivity index (χ3n) is 7.06. The minimum absolute atomic E-state index is 0.0756. The molecule has 33 heavy (non-hydrogen) atoms. The molecule has 1 atom stereocenters. The van der Waals surface area contributed by atoms with E-state index in [4.69, 9.17) is 5.26 Å². The van der Waals surface area contributed by atoms with Crippen LogP contribution < -0.4 is 4.90 Å². The molecule has 1 spiro atoms. The smallest absolute Gasteiger partial charge is 0.396 e. The molecule has 10 heteroatoms. The van der Waals surface area contributed by atoms with Gasteiger partial charge >= 0.3 is 6.18 Å². The molecule has 1 unspecified atom stereocenters. The van der Waals surface area contributed by atoms with Gasteiger partial charge in [0.2, 0.25) is 0 Å². The molecule has 2 aliphatic heterocycles. The van der Waals surface area contributed by atoms with Gasteiger partial charge in [-0.25, -0.2) is 0 Å². The van der Waals surface area contributed by atoms with E-state index in [1.165, 1.54) is 12.1 Å². The zero-order valence-electron chi connectivity index (χ0n) is 18.3. The van der Waals surface area contributed by atoms with Gasteiger partial charge in [-0.1, -0.05) is 0 Å². The van der Waals surface area contributed by atoms with E-state index in [1.54, 1.807) is 27.9 Å². The molecule has 1 aromatic carbocycles. The SMILES string of the molecule is CCn1ccc(C(=O)N2CCC3(CC2)CN(c2ccc(C#N)c(C(F)(F)F)c2)CC3CO)n1. The molecule has 0 bridgehead atoms. The normalized spacial score (nSPS) is 20.3. The minimum atomic E-state index is -4.62. The summed E-state index contributed by atoms with van der Waals surface area (Å²) >= 11 is 0. The lowest BCUT2D eigenvalue weighted by molar-refractivity contribution is -0.137. The average molecular weight is 461 g/mol. The van der Waals surface area contributed by atoms with E-state index >= 15 is 0 Å². The van der Waals surface area contributed by atoms with Crippen LogP contribution in [0.3, 0.4) is 0 Å². The van der Waals surface area contributed by atoms with Crippen molar-refractivity contribution in [1.29, 1.82) is 5.26 Å². The van der Waals surface area contributed by atoms with E-state index in [2.05, 4.69) is 5.10 Å². The Bertz CT molecular complexity index is 1070. The summed E-state index contributed by atoms with van der Waals surface area (Å²) in [7, 11) is 0. The Labute approximate surface area is 190 Å². The van der Waals surface area contributed by atoms with Gasteiger partial charge in [0.1, 0.15) is 5.69 Å². The Hall–Kier alpha value is -3.06. The number of likely N-dealkylation sites (tertiary alicyclic amines) is 1. The van der Waals surface area contributed by atoms with Crippen LogP contribution in [0.2, 0.25) is 0 Å². The number of hydrogen-bond donors (Lipinski definition) is 1. The van der Waals surface area contributed by atoms with Crippen LogP contribution in [0.1, 0.15) is 41.4 Å². The number of nitriles is 1. The first-order valence-electron chi connectivity index (χ1n) is 11.0. The molecule has 1 N–H and O–H groups in total. The first-order valence-corrected chi connectivity index (χ1v) is 11.0. The number of nitrogens with zero attached hydrogens (tertiary/aromatic N) is 5. The number of aromatic nitrogens is 2. The van der Waals surface area contributed by atoms with Crippen LogP contribution in [-0.4, -0.2) is 58.5 Å². The first-order chi connectivity index (χ1) is 15.7. The molecule has 2 saturated heterocycles. The number of halogens is 3. The highest BCUT2D eigenvalue weighted by Gasteiger charge is 2.48. The second kappa shape index (κ2) is 8.71. The van der Waals surface area contributed by atoms with E-state index in [0.717, 1.165) is 6.07 Å². The van der Waals surface area contributed by atoms with Gasteiger partial charge in [-0.3, -0.25) is 9.48 Å². The molecule has 2 aliphatic rings. The predicted octanol–water partition coefficient (Wildman–Crippen LogP) is 3.14. The largest absolute Gasteiger partial charge is 0.417 e. The van der Waals surface area contributed by atoms with E-state index in [-0.39, 0.29) is 23.8 Å². The fraction of sp³-hybridized carbons (Fsp3) is 0.522. The van der Waals surface area contributed by atoms with Crippen molar-refractivity contribution in [2.45, 2.75) is 32.5 Å². The van der Waals surface area contributed by atoms with Crippen molar-refractivity contribution >= 4 is 11.6 Å². The van der Waals surface area contributed by atoms with Gasteiger partial charge in [0.25, 0.3) is 5.91 Å². The standard InChI is InChI=1S/C23H26F3N5O2/c1-2-31-8-5-20(28-31)21(33)29-9-6-22(7-10-29)15-30(13-17(22)14-32)18-4-3-16(12-27)19(11-18)23(24,25)26/h3-5,8,11,17,32H,2,6-7,9-10,13-15H2,1H3. The van der Waals surface area contributed by atoms with E-state index in [0.29, 0.717) is 56.9 Å². The number of carbonyl (C=O) groups excluding carboxylic acids is 1. The second-order valence-electron chi connectivity index (χ2n) is 8.81. The molecule has 0 saturated carbocycles. The summed E-state index contributed by atoms with van der Waals surface area (Å²) in [5.74, 6) is -0.242. The maximum atomic E-state index is 13.4. The number of aryl methyl sites for hydroxylation is 1. The summed E-state index contributed by atoms with van der Waals surface area (Å²) in [6.07, 6.45) is -1.55. The number of rotatable bonds is 4. The molecule has 176 valence electrons. The van der Waals surface area contributed by atoms with Gasteiger partial charge in [-0.2, -0.15) is 23.5 Å². The Balaban J connectivity index is 1.50. The van der Waals surface area contributed by atoms with Crippen LogP contribution in [0.25, 0.3) is 0 Å². The van der Waals surface area contributed by atoms with Crippen LogP contribution >= 0.6 is 0 Å². The van der Waals surface area contributed by atoms with Crippen molar-refractivity contribution < 1.29 is 23.1 Å². The molecule has 0 aliphatic carbocycles. The van der Waals surface area contributed by atoms with Crippen LogP contribution in [0.5, 0.6) is 0 Å². The number of anilines is 1. The third kappa shape index (κ3) is 4.29. The summed E-state index contributed by atoms with van der Waals surface area (Å²) in [6, 6.07) is 7.07. The number of piperidine rings is 1. The van der Waals surface area contributed by atoms with Crippen LogP contribution in [0, 0.1) is 22.7 Å². The van der Waals surface area contributed by atoms with E-state index in [9.17, 15) is 23.1 Å². The summed E-state index contributed by atoms with van der Waals surface area (Å²) in [6.45, 7) is 4.47. The van der Waals surface area contributed by atoms with Gasteiger partial charge in [-0.15, -0.1) is 0 Å². The minimum Gasteiger partial charge on any atom is -0.396 e. The lowest BCUT2D eigenvalue weighted by Gasteiger charge is -2.42. The third-order valence-corrected chi connectivity index (χ3v) is 7.06. The molecule has 3 heterocycles. The number of aliphatic hydroxyl groups is 1. The number of amides is 1. The number of alkyl halides is 3. The Morgan fingerprint density at radius 2 is 2.03 bits per heavy atom. The lowest BCUT2D eigenvalue weighted by Crippen LogP contribution is -2.47. The average Bonchev–Trinajstić information content (AvgIpc) is 3.43. The number of carbonyl (C=O) groups is 1. The van der Waals surface area contributed by atoms with Gasteiger partial charge in [0, 0.05) is 57.1 Å². The zero-order valence-corrected chi connectivity index (χ0v) is 18.3. The molecule has 2 aromatic rings. The van der Waals surface area contributed by atoms with Gasteiger partial charge in [0.05, 0.1) is 17.2 Å². The van der Waals surface area contributed by atoms with Crippen molar-refractivity contribution in [3.05, 3.63) is 47.3 Å². The Morgan fingerprint density at radius 3 is 2.61 bits per heavy atom. The topological polar surface area (TPSA) is 85.4 Å². The lowest BCUT2D eigenvalue weighted by atomic mass is 9.71. The van der Waals surface area contributed by atoms with E-state index in [1.807, 2.05) is 11.8 Å². The van der Waals surface area contributed by atoms with Crippen LogP contribution in [0.4, 0.5) is 18.9 Å². The fourth-order valence-electron chi connectivity index (χ4n) is 5.08. The Kier molecular flexibility index (Phi) is 6.10. The maximum absolute atomic E-state index is 13.4. The summed E-state index contributed by atoms with van der Waals surface area (Å²) in [5, 5.41) is 23.4. The first kappa shape index (κ1) is 23.1. The summed E-state index contributed by atoms with van der Waals surface area (Å²) in [4.78, 5) is 16.4. The number of aliphatic hydroxyl groups excluding tert-OH is 1. The predicted molar refractivity (Wildman–Crippen MR) is 114 cm³/mol. The Morgan fingerprint density at radius 1 is 1.30 bits per heavy atom. The highest BCUT2D eigenvalue weighted by Crippen LogP contribution is 2.46. The quantitative estimate of drug-likeness (QED) is 0.756. The molecule has 4 rings (SSSR count). The summed E-state index contributed by atoms with van der Waals surface area (Å²) in [5.41, 5.74) is -0.857. The molecule has 0 radical (unpaired) electrons. The van der Waals surface area contributed by atoms with Crippen molar-refractivity contribution in [2.24, 2.45) is 11.3 Å². The molecular formula is C23H26F3N5O2. The molecular weight excluding hydrogens is 435 g/mol. The van der Waals surface area contributed by atoms with Crippen molar-refractivity contribution in [1.82, 2.24) is 14.7 Å². The van der Waals surface area contributed by atoms with Gasteiger partial charge < -0.3 is 14.9 Å². The molecule has 7 nitrogen and oxygen atoms in total. The van der Waals surface area contributed by atoms with Crippen molar-refractivity contribution in [3.8, 4) is 6.07 Å². The number of benzene rings is 1. The van der Waals surface area contributed by atoms with Crippen LogP contribution in [-0.2, 0) is 12.7 Å². The van der Waals surface area contributed by atoms with Crippen molar-refractivity contribution in [3.63, 3.8) is 0 Å². The maximum Gasteiger partial charge on any atom is 0.417 e. The summed E-state index contributed by atoms with van der Waals surface area (Å²) < 4.78 is 42.0. The number of hydrogen-bond acceptors (Lipinski definition) is 5. The highest BCUT2D eigenvalue weighted by molar-refractivity contribution is 5.92. The zero-order chi connectivity index (χ0) is 23.8. The molecule has 1 aromatic heterocycles. The monoisotopic (exact) mass is 461 g/mol. The highest BCUT2D eigenvalue weighted by atomic mass is 19.4. The fourth-order valence-corrected chi connectivity index (χ4v) is 5.08.